The van der Waals surface area contributed by atoms with Gasteiger partial charge >= 0.3 is 0 Å². The third-order valence-corrected chi connectivity index (χ3v) is 12.1. The first-order valence-electron chi connectivity index (χ1n) is 19.4. The van der Waals surface area contributed by atoms with Crippen LogP contribution in [0.1, 0.15) is 36.1 Å². The molecule has 9 aromatic rings. The molecular formula is C55H42. The Morgan fingerprint density at radius 3 is 1.35 bits per heavy atom. The minimum absolute atomic E-state index is 0.0632. The summed E-state index contributed by atoms with van der Waals surface area (Å²) in [5.41, 5.74) is 20.6. The highest BCUT2D eigenvalue weighted by molar-refractivity contribution is 6.21. The smallest absolute Gasteiger partial charge is 0.0159 e. The minimum Gasteiger partial charge on any atom is -0.0622 e. The maximum absolute atomic E-state index is 2.47. The van der Waals surface area contributed by atoms with Crippen molar-refractivity contribution in [3.63, 3.8) is 0 Å². The molecule has 1 aliphatic carbocycles. The molecule has 0 fully saturated rings. The first kappa shape index (κ1) is 33.1. The molecule has 0 saturated heterocycles. The van der Waals surface area contributed by atoms with Crippen LogP contribution in [-0.4, -0.2) is 0 Å². The molecule has 55 heavy (non-hydrogen) atoms. The summed E-state index contributed by atoms with van der Waals surface area (Å²) in [5.74, 6) is 0. The second kappa shape index (κ2) is 12.8. The van der Waals surface area contributed by atoms with E-state index in [0.717, 1.165) is 0 Å². The van der Waals surface area contributed by atoms with Crippen molar-refractivity contribution in [1.29, 1.82) is 0 Å². The van der Waals surface area contributed by atoms with E-state index < -0.39 is 0 Å². The van der Waals surface area contributed by atoms with Crippen LogP contribution in [0.5, 0.6) is 0 Å². The predicted molar refractivity (Wildman–Crippen MR) is 236 cm³/mol. The minimum atomic E-state index is -0.0632. The van der Waals surface area contributed by atoms with E-state index in [4.69, 9.17) is 0 Å². The zero-order valence-electron chi connectivity index (χ0n) is 31.8. The summed E-state index contributed by atoms with van der Waals surface area (Å²) in [6.45, 7) is 9.31. The van der Waals surface area contributed by atoms with Gasteiger partial charge in [0.2, 0.25) is 0 Å². The van der Waals surface area contributed by atoms with Crippen molar-refractivity contribution in [2.75, 3.05) is 0 Å². The van der Waals surface area contributed by atoms with Crippen molar-refractivity contribution in [3.05, 3.63) is 204 Å². The van der Waals surface area contributed by atoms with Crippen LogP contribution in [0.4, 0.5) is 0 Å². The van der Waals surface area contributed by atoms with E-state index in [1.807, 2.05) is 0 Å². The molecule has 262 valence electrons. The summed E-state index contributed by atoms with van der Waals surface area (Å²) in [4.78, 5) is 0. The van der Waals surface area contributed by atoms with Gasteiger partial charge in [0, 0.05) is 5.41 Å². The van der Waals surface area contributed by atoms with Gasteiger partial charge in [0.1, 0.15) is 0 Å². The second-order valence-electron chi connectivity index (χ2n) is 15.8. The van der Waals surface area contributed by atoms with Gasteiger partial charge in [-0.2, -0.15) is 0 Å². The van der Waals surface area contributed by atoms with Crippen LogP contribution in [0.3, 0.4) is 0 Å². The Balaban J connectivity index is 1.16. The molecule has 0 N–H and O–H groups in total. The fraction of sp³-hybridized carbons (Fsp3) is 0.0909. The molecule has 0 spiro atoms. The van der Waals surface area contributed by atoms with Crippen LogP contribution in [0, 0.1) is 13.8 Å². The summed E-state index contributed by atoms with van der Waals surface area (Å²) in [7, 11) is 0. The van der Waals surface area contributed by atoms with Gasteiger partial charge in [-0.3, -0.25) is 0 Å². The molecule has 0 radical (unpaired) electrons. The van der Waals surface area contributed by atoms with Crippen molar-refractivity contribution >= 4 is 21.5 Å². The molecule has 9 aromatic carbocycles. The van der Waals surface area contributed by atoms with Gasteiger partial charge in [0.05, 0.1) is 0 Å². The number of hydrogen-bond donors (Lipinski definition) is 0. The number of rotatable bonds is 5. The summed E-state index contributed by atoms with van der Waals surface area (Å²) in [6, 6.07) is 67.6. The molecule has 0 heterocycles. The monoisotopic (exact) mass is 702 g/mol. The van der Waals surface area contributed by atoms with E-state index >= 15 is 0 Å². The quantitative estimate of drug-likeness (QED) is 0.157. The topological polar surface area (TPSA) is 0 Å². The predicted octanol–water partition coefficient (Wildman–Crippen LogP) is 15.3. The largest absolute Gasteiger partial charge is 0.0622 e. The SMILES string of the molecule is Cc1cc(-c2c3ccccc3c(-c3ccc4c(c3)C(C)(C)c3ccccc3-4)c3ccccc23)c(C)cc1-c1cc(-c2ccccc2)cc(-c2ccccc2)c1. The van der Waals surface area contributed by atoms with Crippen molar-refractivity contribution in [2.24, 2.45) is 0 Å². The maximum Gasteiger partial charge on any atom is 0.0159 e. The lowest BCUT2D eigenvalue weighted by Gasteiger charge is -2.23. The normalized spacial score (nSPS) is 12.9. The molecule has 0 atom stereocenters. The highest BCUT2D eigenvalue weighted by Crippen LogP contribution is 2.51. The molecule has 0 aliphatic heterocycles. The summed E-state index contributed by atoms with van der Waals surface area (Å²) in [5, 5.41) is 5.14. The van der Waals surface area contributed by atoms with Crippen LogP contribution in [0.15, 0.2) is 182 Å². The van der Waals surface area contributed by atoms with Crippen LogP contribution >= 0.6 is 0 Å². The lowest BCUT2D eigenvalue weighted by atomic mass is 9.80. The number of hydrogen-bond acceptors (Lipinski definition) is 0. The fourth-order valence-corrected chi connectivity index (χ4v) is 9.36. The average Bonchev–Trinajstić information content (AvgIpc) is 3.46. The van der Waals surface area contributed by atoms with Crippen LogP contribution < -0.4 is 0 Å². The van der Waals surface area contributed by atoms with Crippen LogP contribution in [-0.2, 0) is 5.41 Å². The molecule has 10 rings (SSSR count). The van der Waals surface area contributed by atoms with E-state index in [0.29, 0.717) is 0 Å². The average molecular weight is 703 g/mol. The third kappa shape index (κ3) is 5.36. The second-order valence-corrected chi connectivity index (χ2v) is 15.8. The van der Waals surface area contributed by atoms with E-state index in [2.05, 4.69) is 210 Å². The highest BCUT2D eigenvalue weighted by Gasteiger charge is 2.35. The lowest BCUT2D eigenvalue weighted by molar-refractivity contribution is 0.660. The first-order chi connectivity index (χ1) is 26.9. The molecule has 0 heteroatoms. The Kier molecular flexibility index (Phi) is 7.72. The zero-order chi connectivity index (χ0) is 37.3. The van der Waals surface area contributed by atoms with Crippen molar-refractivity contribution in [1.82, 2.24) is 0 Å². The molecule has 0 amide bonds. The Labute approximate surface area is 324 Å². The van der Waals surface area contributed by atoms with Gasteiger partial charge in [-0.05, 0) is 149 Å². The van der Waals surface area contributed by atoms with E-state index in [1.54, 1.807) is 0 Å². The molecular weight excluding hydrogens is 661 g/mol. The van der Waals surface area contributed by atoms with E-state index in [-0.39, 0.29) is 5.41 Å². The van der Waals surface area contributed by atoms with E-state index in [9.17, 15) is 0 Å². The van der Waals surface area contributed by atoms with Gasteiger partial charge in [-0.25, -0.2) is 0 Å². The molecule has 0 unspecified atom stereocenters. The standard InChI is InChI=1S/C55H42/c1-35-30-50(36(2)29-49(35)42-32-40(37-17-7-5-8-18-37)31-41(33-42)38-19-9-6-10-20-38)54-47-24-13-11-22-45(47)53(46-23-12-14-25-48(46)54)39-27-28-44-43-21-15-16-26-51(43)55(3,4)52(44)34-39/h5-34H,1-4H3. The number of aryl methyl sites for hydroxylation is 2. The molecule has 0 bridgehead atoms. The molecule has 1 aliphatic rings. The number of fused-ring (bicyclic) bond motifs is 5. The van der Waals surface area contributed by atoms with Gasteiger partial charge in [-0.15, -0.1) is 0 Å². The maximum atomic E-state index is 2.47. The summed E-state index contributed by atoms with van der Waals surface area (Å²) in [6.07, 6.45) is 0. The molecule has 0 nitrogen and oxygen atoms in total. The first-order valence-corrected chi connectivity index (χ1v) is 19.4. The van der Waals surface area contributed by atoms with Gasteiger partial charge in [0.15, 0.2) is 0 Å². The van der Waals surface area contributed by atoms with Gasteiger partial charge in [-0.1, -0.05) is 172 Å². The Morgan fingerprint density at radius 1 is 0.291 bits per heavy atom. The fourth-order valence-electron chi connectivity index (χ4n) is 9.36. The van der Waals surface area contributed by atoms with Crippen molar-refractivity contribution in [2.45, 2.75) is 33.1 Å². The Hall–Kier alpha value is -6.50. The highest BCUT2D eigenvalue weighted by atomic mass is 14.4. The summed E-state index contributed by atoms with van der Waals surface area (Å²) < 4.78 is 0. The van der Waals surface area contributed by atoms with Crippen LogP contribution in [0.25, 0.3) is 88.3 Å². The Morgan fingerprint density at radius 2 is 0.745 bits per heavy atom. The molecule has 0 saturated carbocycles. The Bertz CT molecular complexity index is 2830. The van der Waals surface area contributed by atoms with Crippen LogP contribution in [0.2, 0.25) is 0 Å². The molecule has 0 aromatic heterocycles. The van der Waals surface area contributed by atoms with Crippen molar-refractivity contribution < 1.29 is 0 Å². The zero-order valence-corrected chi connectivity index (χ0v) is 31.8. The van der Waals surface area contributed by atoms with E-state index in [1.165, 1.54) is 111 Å². The van der Waals surface area contributed by atoms with Gasteiger partial charge in [0.25, 0.3) is 0 Å². The van der Waals surface area contributed by atoms with Gasteiger partial charge < -0.3 is 0 Å². The lowest BCUT2D eigenvalue weighted by Crippen LogP contribution is -2.14. The summed E-state index contributed by atoms with van der Waals surface area (Å²) >= 11 is 0. The number of benzene rings is 9. The third-order valence-electron chi connectivity index (χ3n) is 12.1. The van der Waals surface area contributed by atoms with Crippen molar-refractivity contribution in [3.8, 4) is 66.8 Å².